The highest BCUT2D eigenvalue weighted by Gasteiger charge is 2.00. The predicted octanol–water partition coefficient (Wildman–Crippen LogP) is 3.59. The summed E-state index contributed by atoms with van der Waals surface area (Å²) >= 11 is 0. The van der Waals surface area contributed by atoms with Gasteiger partial charge in [0.05, 0.1) is 6.61 Å². The molecule has 92 valence electrons. The van der Waals surface area contributed by atoms with Gasteiger partial charge in [0.25, 0.3) is 0 Å². The van der Waals surface area contributed by atoms with Crippen LogP contribution in [0.15, 0.2) is 5.11 Å². The smallest absolute Gasteiger partial charge is 0.305 e. The summed E-state index contributed by atoms with van der Waals surface area (Å²) in [5.74, 6) is -0.0918. The Morgan fingerprint density at radius 2 is 1.81 bits per heavy atom. The van der Waals surface area contributed by atoms with Crippen LogP contribution in [0, 0.1) is 0 Å². The van der Waals surface area contributed by atoms with Gasteiger partial charge in [-0.1, -0.05) is 30.8 Å². The van der Waals surface area contributed by atoms with Gasteiger partial charge in [-0.15, -0.1) is 0 Å². The van der Waals surface area contributed by atoms with Crippen LogP contribution in [0.4, 0.5) is 0 Å². The minimum atomic E-state index is -0.0918. The first-order valence-corrected chi connectivity index (χ1v) is 5.97. The van der Waals surface area contributed by atoms with E-state index in [0.29, 0.717) is 19.6 Å². The average molecular weight is 227 g/mol. The van der Waals surface area contributed by atoms with Crippen molar-refractivity contribution in [3.05, 3.63) is 10.4 Å². The van der Waals surface area contributed by atoms with E-state index in [9.17, 15) is 4.79 Å². The maximum absolute atomic E-state index is 11.0. The normalized spacial score (nSPS) is 9.56. The lowest BCUT2D eigenvalue weighted by atomic mass is 10.1. The van der Waals surface area contributed by atoms with Gasteiger partial charge in [-0.3, -0.25) is 4.79 Å². The molecule has 5 nitrogen and oxygen atoms in total. The van der Waals surface area contributed by atoms with Gasteiger partial charge in [0.1, 0.15) is 0 Å². The second kappa shape index (κ2) is 11.9. The molecular weight excluding hydrogens is 206 g/mol. The zero-order valence-corrected chi connectivity index (χ0v) is 10.0. The maximum atomic E-state index is 11.0. The number of azide groups is 1. The Morgan fingerprint density at radius 3 is 2.44 bits per heavy atom. The van der Waals surface area contributed by atoms with Gasteiger partial charge < -0.3 is 4.74 Å². The Bertz CT molecular complexity index is 225. The summed E-state index contributed by atoms with van der Waals surface area (Å²) in [5.41, 5.74) is 8.05. The number of carbonyl (C=O) groups excluding carboxylic acids is 1. The van der Waals surface area contributed by atoms with Gasteiger partial charge in [0.2, 0.25) is 0 Å². The van der Waals surface area contributed by atoms with Gasteiger partial charge >= 0.3 is 5.97 Å². The molecule has 0 fully saturated rings. The fraction of sp³-hybridized carbons (Fsp3) is 0.909. The van der Waals surface area contributed by atoms with Crippen LogP contribution < -0.4 is 0 Å². The molecule has 0 atom stereocenters. The molecule has 0 aliphatic rings. The Labute approximate surface area is 96.8 Å². The Morgan fingerprint density at radius 1 is 1.19 bits per heavy atom. The zero-order chi connectivity index (χ0) is 12.1. The van der Waals surface area contributed by atoms with Gasteiger partial charge in [0, 0.05) is 17.9 Å². The predicted molar refractivity (Wildman–Crippen MR) is 63.0 cm³/mol. The molecule has 0 amide bonds. The SMILES string of the molecule is CCOC(=O)CCCCCCCCN=[N+]=[N-]. The van der Waals surface area contributed by atoms with Crippen LogP contribution >= 0.6 is 0 Å². The molecule has 0 aliphatic heterocycles. The van der Waals surface area contributed by atoms with Gasteiger partial charge in [0.15, 0.2) is 0 Å². The summed E-state index contributed by atoms with van der Waals surface area (Å²) in [6, 6.07) is 0. The number of ether oxygens (including phenoxy) is 1. The molecule has 0 rings (SSSR count). The number of esters is 1. The molecule has 5 heteroatoms. The van der Waals surface area contributed by atoms with Crippen LogP contribution in [0.2, 0.25) is 0 Å². The molecular formula is C11H21N3O2. The molecule has 0 heterocycles. The molecule has 0 aromatic rings. The van der Waals surface area contributed by atoms with Crippen molar-refractivity contribution in [3.8, 4) is 0 Å². The van der Waals surface area contributed by atoms with E-state index in [4.69, 9.17) is 10.3 Å². The number of carbonyl (C=O) groups is 1. The monoisotopic (exact) mass is 227 g/mol. The summed E-state index contributed by atoms with van der Waals surface area (Å²) < 4.78 is 4.83. The summed E-state index contributed by atoms with van der Waals surface area (Å²) in [6.45, 7) is 2.89. The molecule has 0 saturated carbocycles. The Hall–Kier alpha value is -1.22. The van der Waals surface area contributed by atoms with Crippen molar-refractivity contribution in [2.45, 2.75) is 51.9 Å². The first-order chi connectivity index (χ1) is 7.81. The van der Waals surface area contributed by atoms with E-state index in [-0.39, 0.29) is 5.97 Å². The molecule has 0 spiro atoms. The minimum Gasteiger partial charge on any atom is -0.466 e. The third-order valence-electron chi connectivity index (χ3n) is 2.26. The van der Waals surface area contributed by atoms with E-state index in [2.05, 4.69) is 10.0 Å². The molecule has 16 heavy (non-hydrogen) atoms. The summed E-state index contributed by atoms with van der Waals surface area (Å²) in [6.07, 6.45) is 6.85. The van der Waals surface area contributed by atoms with E-state index < -0.39 is 0 Å². The summed E-state index contributed by atoms with van der Waals surface area (Å²) in [7, 11) is 0. The van der Waals surface area contributed by atoms with Crippen LogP contribution in [0.1, 0.15) is 51.9 Å². The highest BCUT2D eigenvalue weighted by Crippen LogP contribution is 2.07. The van der Waals surface area contributed by atoms with E-state index in [1.54, 1.807) is 0 Å². The van der Waals surface area contributed by atoms with Crippen molar-refractivity contribution in [3.63, 3.8) is 0 Å². The lowest BCUT2D eigenvalue weighted by molar-refractivity contribution is -0.143. The first-order valence-electron chi connectivity index (χ1n) is 5.97. The van der Waals surface area contributed by atoms with E-state index in [1.165, 1.54) is 0 Å². The van der Waals surface area contributed by atoms with Crippen molar-refractivity contribution in [2.24, 2.45) is 5.11 Å². The van der Waals surface area contributed by atoms with Gasteiger partial charge in [-0.05, 0) is 25.3 Å². The highest BCUT2D eigenvalue weighted by molar-refractivity contribution is 5.69. The van der Waals surface area contributed by atoms with Gasteiger partial charge in [-0.25, -0.2) is 0 Å². The second-order valence-corrected chi connectivity index (χ2v) is 3.63. The largest absolute Gasteiger partial charge is 0.466 e. The van der Waals surface area contributed by atoms with Crippen molar-refractivity contribution >= 4 is 5.97 Å². The van der Waals surface area contributed by atoms with Crippen LogP contribution in [0.3, 0.4) is 0 Å². The number of unbranched alkanes of at least 4 members (excludes halogenated alkanes) is 5. The number of nitrogens with zero attached hydrogens (tertiary/aromatic N) is 3. The standard InChI is InChI=1S/C11H21N3O2/c1-2-16-11(15)9-7-5-3-4-6-8-10-13-14-12/h2-10H2,1H3. The molecule has 0 N–H and O–H groups in total. The lowest BCUT2D eigenvalue weighted by Gasteiger charge is -2.01. The lowest BCUT2D eigenvalue weighted by Crippen LogP contribution is -2.03. The molecule has 0 aromatic carbocycles. The van der Waals surface area contributed by atoms with Crippen molar-refractivity contribution in [1.82, 2.24) is 0 Å². The van der Waals surface area contributed by atoms with Crippen LogP contribution in [-0.2, 0) is 9.53 Å². The van der Waals surface area contributed by atoms with Gasteiger partial charge in [-0.2, -0.15) is 0 Å². The maximum Gasteiger partial charge on any atom is 0.305 e. The van der Waals surface area contributed by atoms with E-state index in [0.717, 1.165) is 38.5 Å². The Balaban J connectivity index is 3.09. The molecule has 0 bridgehead atoms. The molecule has 0 unspecified atom stereocenters. The molecule has 0 aromatic heterocycles. The highest BCUT2D eigenvalue weighted by atomic mass is 16.5. The molecule has 0 aliphatic carbocycles. The summed E-state index contributed by atoms with van der Waals surface area (Å²) in [5, 5.41) is 3.47. The zero-order valence-electron chi connectivity index (χ0n) is 10.0. The number of rotatable bonds is 10. The third kappa shape index (κ3) is 10.9. The fourth-order valence-electron chi connectivity index (χ4n) is 1.44. The topological polar surface area (TPSA) is 75.1 Å². The van der Waals surface area contributed by atoms with Crippen molar-refractivity contribution in [2.75, 3.05) is 13.2 Å². The number of hydrogen-bond donors (Lipinski definition) is 0. The van der Waals surface area contributed by atoms with Crippen LogP contribution in [0.25, 0.3) is 10.4 Å². The van der Waals surface area contributed by atoms with Crippen molar-refractivity contribution in [1.29, 1.82) is 0 Å². The summed E-state index contributed by atoms with van der Waals surface area (Å²) in [4.78, 5) is 13.7. The number of hydrogen-bond acceptors (Lipinski definition) is 3. The second-order valence-electron chi connectivity index (χ2n) is 3.63. The molecule has 0 saturated heterocycles. The van der Waals surface area contributed by atoms with E-state index >= 15 is 0 Å². The third-order valence-corrected chi connectivity index (χ3v) is 2.26. The quantitative estimate of drug-likeness (QED) is 0.188. The Kier molecular flexibility index (Phi) is 10.9. The fourth-order valence-corrected chi connectivity index (χ4v) is 1.44. The first kappa shape index (κ1) is 14.8. The average Bonchev–Trinajstić information content (AvgIpc) is 2.27. The van der Waals surface area contributed by atoms with Crippen LogP contribution in [0.5, 0.6) is 0 Å². The minimum absolute atomic E-state index is 0.0918. The van der Waals surface area contributed by atoms with Crippen molar-refractivity contribution < 1.29 is 9.53 Å². The molecule has 0 radical (unpaired) electrons. The van der Waals surface area contributed by atoms with E-state index in [1.807, 2.05) is 6.92 Å². The van der Waals surface area contributed by atoms with Crippen LogP contribution in [-0.4, -0.2) is 19.1 Å².